The largest absolute Gasteiger partial charge is 0.388 e. The van der Waals surface area contributed by atoms with Crippen molar-refractivity contribution in [2.45, 2.75) is 25.9 Å². The van der Waals surface area contributed by atoms with Gasteiger partial charge in [-0.25, -0.2) is 4.79 Å². The van der Waals surface area contributed by atoms with Crippen LogP contribution in [0.1, 0.15) is 20.3 Å². The topological polar surface area (TPSA) is 61.4 Å². The van der Waals surface area contributed by atoms with Gasteiger partial charge >= 0.3 is 6.03 Å². The average molecular weight is 222 g/mol. The van der Waals surface area contributed by atoms with Gasteiger partial charge in [0.2, 0.25) is 0 Å². The van der Waals surface area contributed by atoms with E-state index in [0.29, 0.717) is 6.42 Å². The molecule has 3 N–H and O–H groups in total. The van der Waals surface area contributed by atoms with Crippen molar-refractivity contribution in [3.63, 3.8) is 0 Å². The number of anilines is 1. The Morgan fingerprint density at radius 1 is 1.38 bits per heavy atom. The van der Waals surface area contributed by atoms with E-state index in [1.54, 1.807) is 19.1 Å². The molecule has 16 heavy (non-hydrogen) atoms. The van der Waals surface area contributed by atoms with Crippen LogP contribution in [0, 0.1) is 0 Å². The predicted octanol–water partition coefficient (Wildman–Crippen LogP) is 1.97. The van der Waals surface area contributed by atoms with Crippen LogP contribution in [0.15, 0.2) is 30.3 Å². The molecular formula is C12H18N2O2. The molecule has 0 fully saturated rings. The summed E-state index contributed by atoms with van der Waals surface area (Å²) in [5.74, 6) is 0. The zero-order valence-corrected chi connectivity index (χ0v) is 9.66. The molecule has 1 rings (SSSR count). The quantitative estimate of drug-likeness (QED) is 0.729. The van der Waals surface area contributed by atoms with E-state index in [4.69, 9.17) is 0 Å². The molecule has 0 aromatic heterocycles. The number of para-hydroxylation sites is 1. The van der Waals surface area contributed by atoms with E-state index in [1.165, 1.54) is 0 Å². The first-order valence-corrected chi connectivity index (χ1v) is 5.36. The lowest BCUT2D eigenvalue weighted by atomic mass is 10.0. The van der Waals surface area contributed by atoms with Crippen LogP contribution in [0.2, 0.25) is 0 Å². The van der Waals surface area contributed by atoms with Gasteiger partial charge in [0.25, 0.3) is 0 Å². The molecule has 0 aliphatic rings. The fourth-order valence-electron chi connectivity index (χ4n) is 1.09. The van der Waals surface area contributed by atoms with Crippen molar-refractivity contribution in [2.24, 2.45) is 0 Å². The van der Waals surface area contributed by atoms with Gasteiger partial charge in [-0.15, -0.1) is 0 Å². The summed E-state index contributed by atoms with van der Waals surface area (Å²) in [7, 11) is 0. The molecule has 0 saturated carbocycles. The van der Waals surface area contributed by atoms with E-state index in [2.05, 4.69) is 10.6 Å². The van der Waals surface area contributed by atoms with Crippen molar-refractivity contribution in [2.75, 3.05) is 11.9 Å². The number of carbonyl (C=O) groups excluding carboxylic acids is 1. The fourth-order valence-corrected chi connectivity index (χ4v) is 1.09. The molecule has 1 atom stereocenters. The Kier molecular flexibility index (Phi) is 4.31. The molecule has 2 amide bonds. The number of aliphatic hydroxyl groups is 1. The lowest BCUT2D eigenvalue weighted by Gasteiger charge is -2.21. The van der Waals surface area contributed by atoms with E-state index >= 15 is 0 Å². The van der Waals surface area contributed by atoms with Crippen LogP contribution < -0.4 is 10.6 Å². The number of amides is 2. The Labute approximate surface area is 95.7 Å². The van der Waals surface area contributed by atoms with Crippen LogP contribution in [0.5, 0.6) is 0 Å². The molecule has 0 heterocycles. The van der Waals surface area contributed by atoms with Gasteiger partial charge in [-0.05, 0) is 25.5 Å². The van der Waals surface area contributed by atoms with Gasteiger partial charge in [-0.2, -0.15) is 0 Å². The normalized spacial score (nSPS) is 13.9. The van der Waals surface area contributed by atoms with Gasteiger partial charge in [0, 0.05) is 12.2 Å². The first-order valence-electron chi connectivity index (χ1n) is 5.36. The third-order valence-corrected chi connectivity index (χ3v) is 2.42. The summed E-state index contributed by atoms with van der Waals surface area (Å²) in [5, 5.41) is 15.0. The highest BCUT2D eigenvalue weighted by molar-refractivity contribution is 5.89. The number of benzene rings is 1. The molecule has 4 nitrogen and oxygen atoms in total. The molecular weight excluding hydrogens is 204 g/mol. The fraction of sp³-hybridized carbons (Fsp3) is 0.417. The summed E-state index contributed by atoms with van der Waals surface area (Å²) in [5.41, 5.74) is -0.121. The third-order valence-electron chi connectivity index (χ3n) is 2.42. The van der Waals surface area contributed by atoms with Crippen LogP contribution >= 0.6 is 0 Å². The van der Waals surface area contributed by atoms with E-state index in [1.807, 2.05) is 25.1 Å². The maximum Gasteiger partial charge on any atom is 0.319 e. The number of hydrogen-bond donors (Lipinski definition) is 3. The average Bonchev–Trinajstić information content (AvgIpc) is 2.28. The summed E-state index contributed by atoms with van der Waals surface area (Å²) in [6.45, 7) is 3.80. The monoisotopic (exact) mass is 222 g/mol. The molecule has 4 heteroatoms. The first kappa shape index (κ1) is 12.5. The summed E-state index contributed by atoms with van der Waals surface area (Å²) < 4.78 is 0. The van der Waals surface area contributed by atoms with Gasteiger partial charge in [0.05, 0.1) is 5.60 Å². The molecule has 0 saturated heterocycles. The predicted molar refractivity (Wildman–Crippen MR) is 64.4 cm³/mol. The summed E-state index contributed by atoms with van der Waals surface area (Å²) in [6, 6.07) is 8.87. The highest BCUT2D eigenvalue weighted by Gasteiger charge is 2.18. The summed E-state index contributed by atoms with van der Waals surface area (Å²) >= 11 is 0. The zero-order chi connectivity index (χ0) is 12.0. The Morgan fingerprint density at radius 3 is 2.56 bits per heavy atom. The molecule has 1 aromatic rings. The molecule has 0 aliphatic carbocycles. The molecule has 0 aliphatic heterocycles. The standard InChI is InChI=1S/C12H18N2O2/c1-3-12(2,16)9-13-11(15)14-10-7-5-4-6-8-10/h4-8,16H,3,9H2,1-2H3,(H2,13,14,15). The van der Waals surface area contributed by atoms with Crippen molar-refractivity contribution in [1.82, 2.24) is 5.32 Å². The number of rotatable bonds is 4. The minimum absolute atomic E-state index is 0.238. The number of urea groups is 1. The second-order valence-corrected chi connectivity index (χ2v) is 4.02. The summed E-state index contributed by atoms with van der Waals surface area (Å²) in [4.78, 5) is 11.4. The number of hydrogen-bond acceptors (Lipinski definition) is 2. The van der Waals surface area contributed by atoms with E-state index in [0.717, 1.165) is 5.69 Å². The van der Waals surface area contributed by atoms with Gasteiger partial charge in [-0.3, -0.25) is 0 Å². The summed E-state index contributed by atoms with van der Waals surface area (Å²) in [6.07, 6.45) is 0.596. The second kappa shape index (κ2) is 5.51. The maximum atomic E-state index is 11.4. The van der Waals surface area contributed by atoms with Crippen molar-refractivity contribution >= 4 is 11.7 Å². The molecule has 88 valence electrons. The Morgan fingerprint density at radius 2 is 2.00 bits per heavy atom. The molecule has 1 aromatic carbocycles. The Bertz CT molecular complexity index is 336. The molecule has 1 unspecified atom stereocenters. The van der Waals surface area contributed by atoms with Gasteiger partial charge in [0.1, 0.15) is 0 Å². The van der Waals surface area contributed by atoms with Crippen LogP contribution in [0.25, 0.3) is 0 Å². The third kappa shape index (κ3) is 4.31. The number of nitrogens with one attached hydrogen (secondary N) is 2. The van der Waals surface area contributed by atoms with Crippen LogP contribution in [-0.4, -0.2) is 23.3 Å². The Hall–Kier alpha value is -1.55. The highest BCUT2D eigenvalue weighted by atomic mass is 16.3. The van der Waals surface area contributed by atoms with E-state index in [9.17, 15) is 9.90 Å². The smallest absolute Gasteiger partial charge is 0.319 e. The lowest BCUT2D eigenvalue weighted by Crippen LogP contribution is -2.41. The lowest BCUT2D eigenvalue weighted by molar-refractivity contribution is 0.0587. The first-order chi connectivity index (χ1) is 7.53. The van der Waals surface area contributed by atoms with Crippen molar-refractivity contribution < 1.29 is 9.90 Å². The molecule has 0 radical (unpaired) electrons. The minimum atomic E-state index is -0.853. The van der Waals surface area contributed by atoms with Crippen LogP contribution in [-0.2, 0) is 0 Å². The molecule has 0 spiro atoms. The van der Waals surface area contributed by atoms with Crippen molar-refractivity contribution in [3.8, 4) is 0 Å². The highest BCUT2D eigenvalue weighted by Crippen LogP contribution is 2.07. The SMILES string of the molecule is CCC(C)(O)CNC(=O)Nc1ccccc1. The number of carbonyl (C=O) groups is 1. The Balaban J connectivity index is 2.38. The van der Waals surface area contributed by atoms with Crippen molar-refractivity contribution in [3.05, 3.63) is 30.3 Å². The second-order valence-electron chi connectivity index (χ2n) is 4.02. The maximum absolute atomic E-state index is 11.4. The van der Waals surface area contributed by atoms with Crippen LogP contribution in [0.4, 0.5) is 10.5 Å². The van der Waals surface area contributed by atoms with E-state index < -0.39 is 5.60 Å². The van der Waals surface area contributed by atoms with Gasteiger partial charge in [0.15, 0.2) is 0 Å². The van der Waals surface area contributed by atoms with Crippen molar-refractivity contribution in [1.29, 1.82) is 0 Å². The van der Waals surface area contributed by atoms with E-state index in [-0.39, 0.29) is 12.6 Å². The van der Waals surface area contributed by atoms with Gasteiger partial charge < -0.3 is 15.7 Å². The minimum Gasteiger partial charge on any atom is -0.388 e. The van der Waals surface area contributed by atoms with Crippen LogP contribution in [0.3, 0.4) is 0 Å². The zero-order valence-electron chi connectivity index (χ0n) is 9.66. The molecule has 0 bridgehead atoms. The van der Waals surface area contributed by atoms with Gasteiger partial charge in [-0.1, -0.05) is 25.1 Å².